The van der Waals surface area contributed by atoms with Gasteiger partial charge in [-0.3, -0.25) is 9.59 Å². The van der Waals surface area contributed by atoms with Crippen molar-refractivity contribution in [2.75, 3.05) is 32.5 Å². The van der Waals surface area contributed by atoms with Crippen LogP contribution in [0.1, 0.15) is 23.2 Å². The van der Waals surface area contributed by atoms with Gasteiger partial charge in [-0.15, -0.1) is 0 Å². The van der Waals surface area contributed by atoms with E-state index < -0.39 is 0 Å². The fourth-order valence-corrected chi connectivity index (χ4v) is 2.49. The van der Waals surface area contributed by atoms with Crippen LogP contribution in [-0.4, -0.2) is 43.9 Å². The molecule has 114 valence electrons. The average molecular weight is 310 g/mol. The van der Waals surface area contributed by atoms with Crippen molar-refractivity contribution < 1.29 is 9.59 Å². The van der Waals surface area contributed by atoms with Gasteiger partial charge in [-0.05, 0) is 37.6 Å². The number of anilines is 1. The number of hydrogen-bond acceptors (Lipinski definition) is 3. The lowest BCUT2D eigenvalue weighted by atomic mass is 9.98. The number of hydrogen-bond donors (Lipinski definition) is 2. The predicted octanol–water partition coefficient (Wildman–Crippen LogP) is 1.98. The molecule has 1 fully saturated rings. The quantitative estimate of drug-likeness (QED) is 0.897. The lowest BCUT2D eigenvalue weighted by Gasteiger charge is -2.22. The summed E-state index contributed by atoms with van der Waals surface area (Å²) in [7, 11) is 3.37. The molecule has 0 saturated carbocycles. The average Bonchev–Trinajstić information content (AvgIpc) is 2.49. The fourth-order valence-electron chi connectivity index (χ4n) is 2.32. The van der Waals surface area contributed by atoms with Gasteiger partial charge >= 0.3 is 0 Å². The molecule has 1 aromatic carbocycles. The molecule has 0 radical (unpaired) electrons. The zero-order valence-electron chi connectivity index (χ0n) is 12.3. The van der Waals surface area contributed by atoms with E-state index in [9.17, 15) is 9.59 Å². The number of piperidine rings is 1. The van der Waals surface area contributed by atoms with Gasteiger partial charge in [-0.2, -0.15) is 0 Å². The highest BCUT2D eigenvalue weighted by atomic mass is 35.5. The minimum absolute atomic E-state index is 0.0528. The van der Waals surface area contributed by atoms with Crippen molar-refractivity contribution in [1.82, 2.24) is 10.2 Å². The van der Waals surface area contributed by atoms with Crippen LogP contribution in [0.15, 0.2) is 18.2 Å². The molecule has 1 aromatic rings. The van der Waals surface area contributed by atoms with E-state index in [1.807, 2.05) is 0 Å². The molecular formula is C15H20ClN3O2. The number of carbonyl (C=O) groups excluding carboxylic acids is 2. The molecule has 0 aromatic heterocycles. The van der Waals surface area contributed by atoms with E-state index in [0.29, 0.717) is 22.8 Å². The second kappa shape index (κ2) is 6.91. The van der Waals surface area contributed by atoms with E-state index in [2.05, 4.69) is 10.6 Å². The first-order valence-corrected chi connectivity index (χ1v) is 7.39. The topological polar surface area (TPSA) is 61.4 Å². The Labute approximate surface area is 129 Å². The lowest BCUT2D eigenvalue weighted by Crippen LogP contribution is -2.37. The second-order valence-corrected chi connectivity index (χ2v) is 5.83. The number of benzene rings is 1. The zero-order chi connectivity index (χ0) is 15.4. The fraction of sp³-hybridized carbons (Fsp3) is 0.467. The minimum Gasteiger partial charge on any atom is -0.345 e. The van der Waals surface area contributed by atoms with Crippen LogP contribution in [-0.2, 0) is 4.79 Å². The van der Waals surface area contributed by atoms with Crippen molar-refractivity contribution in [3.05, 3.63) is 28.8 Å². The molecule has 1 saturated heterocycles. The molecule has 1 heterocycles. The molecule has 1 aliphatic rings. The predicted molar refractivity (Wildman–Crippen MR) is 83.7 cm³/mol. The van der Waals surface area contributed by atoms with E-state index in [1.165, 1.54) is 4.90 Å². The summed E-state index contributed by atoms with van der Waals surface area (Å²) in [6, 6.07) is 4.91. The number of nitrogens with one attached hydrogen (secondary N) is 2. The summed E-state index contributed by atoms with van der Waals surface area (Å²) in [5, 5.41) is 6.47. The summed E-state index contributed by atoms with van der Waals surface area (Å²) in [5.74, 6) is -0.233. The van der Waals surface area contributed by atoms with Gasteiger partial charge in [0, 0.05) is 26.2 Å². The van der Waals surface area contributed by atoms with Crippen molar-refractivity contribution >= 4 is 29.1 Å². The van der Waals surface area contributed by atoms with Crippen molar-refractivity contribution in [3.63, 3.8) is 0 Å². The molecule has 21 heavy (non-hydrogen) atoms. The lowest BCUT2D eigenvalue weighted by molar-refractivity contribution is -0.120. The smallest absolute Gasteiger partial charge is 0.253 e. The van der Waals surface area contributed by atoms with Gasteiger partial charge in [0.2, 0.25) is 5.91 Å². The summed E-state index contributed by atoms with van der Waals surface area (Å²) in [4.78, 5) is 25.7. The van der Waals surface area contributed by atoms with E-state index in [0.717, 1.165) is 19.4 Å². The molecular weight excluding hydrogens is 290 g/mol. The first kappa shape index (κ1) is 15.8. The van der Waals surface area contributed by atoms with Crippen LogP contribution in [0.3, 0.4) is 0 Å². The highest BCUT2D eigenvalue weighted by molar-refractivity contribution is 6.33. The molecule has 1 aliphatic heterocycles. The molecule has 1 atom stereocenters. The minimum atomic E-state index is -0.124. The molecule has 0 spiro atoms. The Bertz CT molecular complexity index is 540. The molecule has 0 aliphatic carbocycles. The molecule has 0 bridgehead atoms. The molecule has 0 unspecified atom stereocenters. The second-order valence-electron chi connectivity index (χ2n) is 5.43. The first-order chi connectivity index (χ1) is 9.99. The van der Waals surface area contributed by atoms with Gasteiger partial charge in [-0.25, -0.2) is 0 Å². The number of carbonyl (C=O) groups is 2. The molecule has 2 rings (SSSR count). The Balaban J connectivity index is 2.13. The number of amides is 2. The van der Waals surface area contributed by atoms with Gasteiger partial charge in [0.1, 0.15) is 0 Å². The van der Waals surface area contributed by atoms with Crippen LogP contribution in [0, 0.1) is 5.92 Å². The molecule has 2 amide bonds. The monoisotopic (exact) mass is 309 g/mol. The molecule has 2 N–H and O–H groups in total. The SMILES string of the molecule is CN(C)C(=O)c1ccc(Cl)c(NC(=O)[C@H]2CCCNC2)c1. The summed E-state index contributed by atoms with van der Waals surface area (Å²) >= 11 is 6.11. The Morgan fingerprint density at radius 3 is 2.76 bits per heavy atom. The maximum atomic E-state index is 12.2. The third-order valence-electron chi connectivity index (χ3n) is 3.55. The maximum Gasteiger partial charge on any atom is 0.253 e. The Morgan fingerprint density at radius 1 is 1.38 bits per heavy atom. The Morgan fingerprint density at radius 2 is 2.14 bits per heavy atom. The third-order valence-corrected chi connectivity index (χ3v) is 3.87. The number of rotatable bonds is 3. The summed E-state index contributed by atoms with van der Waals surface area (Å²) in [5.41, 5.74) is 0.987. The maximum absolute atomic E-state index is 12.2. The Kier molecular flexibility index (Phi) is 5.20. The van der Waals surface area contributed by atoms with Crippen LogP contribution < -0.4 is 10.6 Å². The van der Waals surface area contributed by atoms with Crippen LogP contribution in [0.25, 0.3) is 0 Å². The van der Waals surface area contributed by atoms with E-state index in [1.54, 1.807) is 32.3 Å². The Hall–Kier alpha value is -1.59. The third kappa shape index (κ3) is 3.95. The largest absolute Gasteiger partial charge is 0.345 e. The van der Waals surface area contributed by atoms with E-state index in [4.69, 9.17) is 11.6 Å². The highest BCUT2D eigenvalue weighted by Gasteiger charge is 2.22. The molecule has 6 heteroatoms. The van der Waals surface area contributed by atoms with Crippen LogP contribution in [0.4, 0.5) is 5.69 Å². The first-order valence-electron chi connectivity index (χ1n) is 7.02. The molecule has 5 nitrogen and oxygen atoms in total. The van der Waals surface area contributed by atoms with Crippen molar-refractivity contribution in [2.45, 2.75) is 12.8 Å². The van der Waals surface area contributed by atoms with Crippen molar-refractivity contribution in [2.24, 2.45) is 5.92 Å². The zero-order valence-corrected chi connectivity index (χ0v) is 13.0. The van der Waals surface area contributed by atoms with Crippen LogP contribution >= 0.6 is 11.6 Å². The van der Waals surface area contributed by atoms with E-state index in [-0.39, 0.29) is 17.7 Å². The van der Waals surface area contributed by atoms with E-state index >= 15 is 0 Å². The van der Waals surface area contributed by atoms with Gasteiger partial charge in [0.15, 0.2) is 0 Å². The summed E-state index contributed by atoms with van der Waals surface area (Å²) in [6.45, 7) is 1.64. The van der Waals surface area contributed by atoms with Gasteiger partial charge in [-0.1, -0.05) is 11.6 Å². The van der Waals surface area contributed by atoms with Crippen molar-refractivity contribution in [3.8, 4) is 0 Å². The van der Waals surface area contributed by atoms with Gasteiger partial charge < -0.3 is 15.5 Å². The van der Waals surface area contributed by atoms with Crippen LogP contribution in [0.5, 0.6) is 0 Å². The van der Waals surface area contributed by atoms with Gasteiger partial charge in [0.05, 0.1) is 16.6 Å². The highest BCUT2D eigenvalue weighted by Crippen LogP contribution is 2.25. The van der Waals surface area contributed by atoms with Gasteiger partial charge in [0.25, 0.3) is 5.91 Å². The summed E-state index contributed by atoms with van der Waals surface area (Å²) in [6.07, 6.45) is 1.86. The summed E-state index contributed by atoms with van der Waals surface area (Å²) < 4.78 is 0. The van der Waals surface area contributed by atoms with Crippen LogP contribution in [0.2, 0.25) is 5.02 Å². The number of halogens is 1. The standard InChI is InChI=1S/C15H20ClN3O2/c1-19(2)15(21)10-5-6-12(16)13(8-10)18-14(20)11-4-3-7-17-9-11/h5-6,8,11,17H,3-4,7,9H2,1-2H3,(H,18,20)/t11-/m0/s1. The number of nitrogens with zero attached hydrogens (tertiary/aromatic N) is 1. The normalized spacial score (nSPS) is 18.1. The van der Waals surface area contributed by atoms with Crippen molar-refractivity contribution in [1.29, 1.82) is 0 Å².